The van der Waals surface area contributed by atoms with Gasteiger partial charge in [-0.15, -0.1) is 12.4 Å². The number of rotatable bonds is 8. The first-order valence-electron chi connectivity index (χ1n) is 9.30. The molecular formula is C22H27ClN4O. The van der Waals surface area contributed by atoms with Crippen LogP contribution in [-0.4, -0.2) is 21.7 Å². The third kappa shape index (κ3) is 6.22. The molecule has 0 bridgehead atoms. The summed E-state index contributed by atoms with van der Waals surface area (Å²) in [5, 5.41) is 7.77. The second kappa shape index (κ2) is 10.6. The van der Waals surface area contributed by atoms with Gasteiger partial charge in [-0.2, -0.15) is 5.10 Å². The number of nitrogens with two attached hydrogens (primary N) is 1. The van der Waals surface area contributed by atoms with E-state index < -0.39 is 0 Å². The van der Waals surface area contributed by atoms with Crippen LogP contribution in [-0.2, 0) is 17.9 Å². The fourth-order valence-corrected chi connectivity index (χ4v) is 2.92. The van der Waals surface area contributed by atoms with Crippen LogP contribution in [0.25, 0.3) is 11.3 Å². The van der Waals surface area contributed by atoms with E-state index in [1.807, 2.05) is 66.3 Å². The molecule has 3 rings (SSSR count). The zero-order valence-corrected chi connectivity index (χ0v) is 16.9. The largest absolute Gasteiger partial charge is 0.352 e. The smallest absolute Gasteiger partial charge is 0.220 e. The molecule has 0 aliphatic carbocycles. The standard InChI is InChI=1S/C22H26N4O.ClH/c1-17(23)12-13-21(27)24-14-20-16-26(15-18-8-4-2-5-9-18)25-22(20)19-10-6-3-7-11-19;/h2-11,16-17H,12-15,23H2,1H3,(H,24,27);1H. The molecule has 0 aliphatic heterocycles. The van der Waals surface area contributed by atoms with Gasteiger partial charge in [0, 0.05) is 36.3 Å². The number of nitrogens with one attached hydrogen (secondary N) is 1. The summed E-state index contributed by atoms with van der Waals surface area (Å²) in [6, 6.07) is 20.3. The Balaban J connectivity index is 0.00000280. The van der Waals surface area contributed by atoms with E-state index >= 15 is 0 Å². The maximum atomic E-state index is 12.1. The molecule has 5 nitrogen and oxygen atoms in total. The monoisotopic (exact) mass is 398 g/mol. The molecule has 1 aromatic heterocycles. The van der Waals surface area contributed by atoms with Gasteiger partial charge in [-0.1, -0.05) is 60.7 Å². The Morgan fingerprint density at radius 2 is 1.75 bits per heavy atom. The van der Waals surface area contributed by atoms with Gasteiger partial charge in [0.1, 0.15) is 0 Å². The molecular weight excluding hydrogens is 372 g/mol. The number of amides is 1. The fraction of sp³-hybridized carbons (Fsp3) is 0.273. The Kier molecular flexibility index (Phi) is 8.23. The Bertz CT molecular complexity index is 863. The maximum Gasteiger partial charge on any atom is 0.220 e. The molecule has 0 spiro atoms. The summed E-state index contributed by atoms with van der Waals surface area (Å²) in [4.78, 5) is 12.1. The quantitative estimate of drug-likeness (QED) is 0.606. The van der Waals surface area contributed by atoms with Crippen molar-refractivity contribution in [2.75, 3.05) is 0 Å². The number of benzene rings is 2. The number of carbonyl (C=O) groups excluding carboxylic acids is 1. The minimum atomic E-state index is 0. The third-order valence-electron chi connectivity index (χ3n) is 4.37. The van der Waals surface area contributed by atoms with Gasteiger partial charge in [0.05, 0.1) is 12.2 Å². The van der Waals surface area contributed by atoms with Crippen molar-refractivity contribution in [1.29, 1.82) is 0 Å². The summed E-state index contributed by atoms with van der Waals surface area (Å²) in [6.45, 7) is 3.06. The zero-order valence-electron chi connectivity index (χ0n) is 16.0. The van der Waals surface area contributed by atoms with Crippen molar-refractivity contribution in [2.24, 2.45) is 5.73 Å². The van der Waals surface area contributed by atoms with E-state index in [1.165, 1.54) is 5.56 Å². The van der Waals surface area contributed by atoms with E-state index in [0.29, 0.717) is 25.9 Å². The average molecular weight is 399 g/mol. The number of halogens is 1. The average Bonchev–Trinajstić information content (AvgIpc) is 3.09. The van der Waals surface area contributed by atoms with Crippen molar-refractivity contribution in [2.45, 2.75) is 38.9 Å². The number of hydrogen-bond donors (Lipinski definition) is 2. The summed E-state index contributed by atoms with van der Waals surface area (Å²) in [6.07, 6.45) is 3.14. The Morgan fingerprint density at radius 1 is 1.11 bits per heavy atom. The predicted octanol–water partition coefficient (Wildman–Crippen LogP) is 3.76. The van der Waals surface area contributed by atoms with Gasteiger partial charge in [0.15, 0.2) is 0 Å². The highest BCUT2D eigenvalue weighted by Crippen LogP contribution is 2.22. The van der Waals surface area contributed by atoms with E-state index in [0.717, 1.165) is 16.8 Å². The van der Waals surface area contributed by atoms with Gasteiger partial charge < -0.3 is 11.1 Å². The van der Waals surface area contributed by atoms with Crippen LogP contribution in [0.1, 0.15) is 30.9 Å². The van der Waals surface area contributed by atoms with E-state index in [1.54, 1.807) is 0 Å². The van der Waals surface area contributed by atoms with Crippen LogP contribution < -0.4 is 11.1 Å². The van der Waals surface area contributed by atoms with Crippen molar-refractivity contribution in [3.05, 3.63) is 78.0 Å². The van der Waals surface area contributed by atoms with E-state index in [9.17, 15) is 4.79 Å². The van der Waals surface area contributed by atoms with Crippen LogP contribution in [0.4, 0.5) is 0 Å². The van der Waals surface area contributed by atoms with Gasteiger partial charge >= 0.3 is 0 Å². The highest BCUT2D eigenvalue weighted by Gasteiger charge is 2.13. The molecule has 1 heterocycles. The molecule has 2 aromatic carbocycles. The van der Waals surface area contributed by atoms with Crippen LogP contribution in [0.3, 0.4) is 0 Å². The first-order valence-corrected chi connectivity index (χ1v) is 9.30. The van der Waals surface area contributed by atoms with Crippen LogP contribution in [0.15, 0.2) is 66.9 Å². The minimum Gasteiger partial charge on any atom is -0.352 e. The van der Waals surface area contributed by atoms with Crippen LogP contribution in [0.2, 0.25) is 0 Å². The molecule has 1 atom stereocenters. The van der Waals surface area contributed by atoms with Gasteiger partial charge in [-0.25, -0.2) is 0 Å². The molecule has 0 fully saturated rings. The number of aromatic nitrogens is 2. The maximum absolute atomic E-state index is 12.1. The van der Waals surface area contributed by atoms with Crippen molar-refractivity contribution < 1.29 is 4.79 Å². The highest BCUT2D eigenvalue weighted by atomic mass is 35.5. The van der Waals surface area contributed by atoms with E-state index in [4.69, 9.17) is 10.8 Å². The van der Waals surface area contributed by atoms with Crippen molar-refractivity contribution in [1.82, 2.24) is 15.1 Å². The molecule has 3 N–H and O–H groups in total. The van der Waals surface area contributed by atoms with Gasteiger partial charge in [0.2, 0.25) is 5.91 Å². The highest BCUT2D eigenvalue weighted by molar-refractivity contribution is 5.85. The second-order valence-electron chi connectivity index (χ2n) is 6.84. The van der Waals surface area contributed by atoms with Crippen molar-refractivity contribution in [3.8, 4) is 11.3 Å². The Hall–Kier alpha value is -2.63. The molecule has 28 heavy (non-hydrogen) atoms. The Labute approximate surface area is 172 Å². The van der Waals surface area contributed by atoms with E-state index in [2.05, 4.69) is 17.4 Å². The first kappa shape index (κ1) is 21.7. The third-order valence-corrected chi connectivity index (χ3v) is 4.37. The van der Waals surface area contributed by atoms with Crippen LogP contribution >= 0.6 is 12.4 Å². The molecule has 0 radical (unpaired) electrons. The van der Waals surface area contributed by atoms with Gasteiger partial charge in [0.25, 0.3) is 0 Å². The molecule has 3 aromatic rings. The summed E-state index contributed by atoms with van der Waals surface area (Å²) in [5.74, 6) is 0.0159. The predicted molar refractivity (Wildman–Crippen MR) is 115 cm³/mol. The topological polar surface area (TPSA) is 72.9 Å². The van der Waals surface area contributed by atoms with Crippen LogP contribution in [0.5, 0.6) is 0 Å². The summed E-state index contributed by atoms with van der Waals surface area (Å²) >= 11 is 0. The molecule has 0 saturated heterocycles. The normalized spacial score (nSPS) is 11.5. The lowest BCUT2D eigenvalue weighted by Crippen LogP contribution is -2.25. The zero-order chi connectivity index (χ0) is 19.1. The number of nitrogens with zero attached hydrogens (tertiary/aromatic N) is 2. The second-order valence-corrected chi connectivity index (χ2v) is 6.84. The van der Waals surface area contributed by atoms with Crippen LogP contribution in [0, 0.1) is 0 Å². The first-order chi connectivity index (χ1) is 13.1. The minimum absolute atomic E-state index is 0. The SMILES string of the molecule is CC(N)CCC(=O)NCc1cn(Cc2ccccc2)nc1-c1ccccc1.Cl. The summed E-state index contributed by atoms with van der Waals surface area (Å²) in [7, 11) is 0. The lowest BCUT2D eigenvalue weighted by atomic mass is 10.1. The van der Waals surface area contributed by atoms with Crippen molar-refractivity contribution in [3.63, 3.8) is 0 Å². The lowest BCUT2D eigenvalue weighted by molar-refractivity contribution is -0.121. The fourth-order valence-electron chi connectivity index (χ4n) is 2.92. The molecule has 1 amide bonds. The van der Waals surface area contributed by atoms with Gasteiger partial charge in [-0.3, -0.25) is 9.48 Å². The molecule has 6 heteroatoms. The van der Waals surface area contributed by atoms with Crippen molar-refractivity contribution >= 4 is 18.3 Å². The molecule has 0 saturated carbocycles. The van der Waals surface area contributed by atoms with Gasteiger partial charge in [-0.05, 0) is 18.9 Å². The molecule has 148 valence electrons. The molecule has 1 unspecified atom stereocenters. The lowest BCUT2D eigenvalue weighted by Gasteiger charge is -2.07. The summed E-state index contributed by atoms with van der Waals surface area (Å²) in [5.41, 5.74) is 9.87. The number of carbonyl (C=O) groups is 1. The number of hydrogen-bond acceptors (Lipinski definition) is 3. The molecule has 0 aliphatic rings. The Morgan fingerprint density at radius 3 is 2.39 bits per heavy atom. The van der Waals surface area contributed by atoms with E-state index in [-0.39, 0.29) is 24.4 Å². The summed E-state index contributed by atoms with van der Waals surface area (Å²) < 4.78 is 1.93.